The summed E-state index contributed by atoms with van der Waals surface area (Å²) in [6, 6.07) is 37.2. The predicted molar refractivity (Wildman–Crippen MR) is 228 cm³/mol. The second-order valence-electron chi connectivity index (χ2n) is 16.4. The van der Waals surface area contributed by atoms with Crippen molar-refractivity contribution < 1.29 is 10.2 Å². The summed E-state index contributed by atoms with van der Waals surface area (Å²) in [4.78, 5) is 7.46. The highest BCUT2D eigenvalue weighted by Crippen LogP contribution is 2.39. The average molecular weight is 777 g/mol. The number of hydrogen-bond acceptors (Lipinski definition) is 8. The van der Waals surface area contributed by atoms with E-state index < -0.39 is 0 Å². The second-order valence-corrected chi connectivity index (χ2v) is 18.7. The number of benzene rings is 6. The topological polar surface area (TPSA) is 102 Å². The Morgan fingerprint density at radius 3 is 1.12 bits per heavy atom. The van der Waals surface area contributed by atoms with E-state index in [1.54, 1.807) is 33.1 Å². The molecule has 0 saturated carbocycles. The molecule has 2 aromatic heterocycles. The molecular weight excluding hydrogens is 733 g/mol. The van der Waals surface area contributed by atoms with Gasteiger partial charge in [-0.2, -0.15) is 0 Å². The molecule has 282 valence electrons. The van der Waals surface area contributed by atoms with Gasteiger partial charge in [-0.1, -0.05) is 101 Å². The van der Waals surface area contributed by atoms with Crippen molar-refractivity contribution in [1.82, 2.24) is 30.0 Å². The Kier molecular flexibility index (Phi) is 9.45. The van der Waals surface area contributed by atoms with Crippen LogP contribution in [0, 0.1) is 13.8 Å². The molecule has 8 aromatic rings. The first-order valence-electron chi connectivity index (χ1n) is 18.6. The summed E-state index contributed by atoms with van der Waals surface area (Å²) in [7, 11) is 0. The van der Waals surface area contributed by atoms with E-state index in [9.17, 15) is 10.2 Å². The van der Waals surface area contributed by atoms with Gasteiger partial charge in [-0.25, -0.2) is 0 Å². The maximum Gasteiger partial charge on any atom is 0.146 e. The average Bonchev–Trinajstić information content (AvgIpc) is 3.77. The first-order chi connectivity index (χ1) is 26.6. The number of aromatic nitrogens is 6. The van der Waals surface area contributed by atoms with Gasteiger partial charge in [0.2, 0.25) is 0 Å². The third-order valence-electron chi connectivity index (χ3n) is 9.73. The highest BCUT2D eigenvalue weighted by molar-refractivity contribution is 7.99. The number of fused-ring (bicyclic) bond motifs is 2. The number of nitrogens with zero attached hydrogens (tertiary/aromatic N) is 6. The second kappa shape index (κ2) is 14.2. The van der Waals surface area contributed by atoms with Gasteiger partial charge in [-0.05, 0) is 120 Å². The minimum Gasteiger partial charge on any atom is -0.505 e. The summed E-state index contributed by atoms with van der Waals surface area (Å²) in [6.45, 7) is 16.6. The molecule has 0 radical (unpaired) electrons. The van der Waals surface area contributed by atoms with Crippen LogP contribution in [0.2, 0.25) is 0 Å². The van der Waals surface area contributed by atoms with Crippen molar-refractivity contribution in [3.63, 3.8) is 0 Å². The molecular formula is C46H44N6O2S2. The van der Waals surface area contributed by atoms with Gasteiger partial charge in [-0.15, -0.1) is 30.0 Å². The SMILES string of the molecule is Cc1cc(-n2nc3ccc(Sc4ccc(-c5ccc(Sc6ccc7nn(-c8cc(C)cc(C(C)(C)C)c8O)nc7c6)cc5)cc4)cc3n2)c(O)c(C(C)(C)C)c1. The van der Waals surface area contributed by atoms with Crippen LogP contribution in [0.3, 0.4) is 0 Å². The van der Waals surface area contributed by atoms with E-state index in [-0.39, 0.29) is 22.3 Å². The lowest BCUT2D eigenvalue weighted by Gasteiger charge is -2.22. The Hall–Kier alpha value is -5.58. The molecule has 0 aliphatic rings. The molecule has 0 saturated heterocycles. The fraction of sp³-hybridized carbons (Fsp3) is 0.217. The van der Waals surface area contributed by atoms with E-state index in [1.807, 2.05) is 62.4 Å². The summed E-state index contributed by atoms with van der Waals surface area (Å²) in [6.07, 6.45) is 0. The van der Waals surface area contributed by atoms with Gasteiger partial charge in [0, 0.05) is 30.7 Å². The van der Waals surface area contributed by atoms with Crippen molar-refractivity contribution in [1.29, 1.82) is 0 Å². The Bertz CT molecular complexity index is 2570. The van der Waals surface area contributed by atoms with E-state index >= 15 is 0 Å². The molecule has 56 heavy (non-hydrogen) atoms. The van der Waals surface area contributed by atoms with E-state index in [2.05, 4.69) is 112 Å². The van der Waals surface area contributed by atoms with Crippen LogP contribution in [0.5, 0.6) is 11.5 Å². The highest BCUT2D eigenvalue weighted by atomic mass is 32.2. The minimum absolute atomic E-state index is 0.211. The first-order valence-corrected chi connectivity index (χ1v) is 20.2. The molecule has 0 atom stereocenters. The smallest absolute Gasteiger partial charge is 0.146 e. The van der Waals surface area contributed by atoms with Crippen molar-refractivity contribution in [3.05, 3.63) is 131 Å². The fourth-order valence-corrected chi connectivity index (χ4v) is 8.50. The van der Waals surface area contributed by atoms with Crippen molar-refractivity contribution in [2.24, 2.45) is 0 Å². The molecule has 0 amide bonds. The number of phenols is 2. The first kappa shape index (κ1) is 37.3. The van der Waals surface area contributed by atoms with E-state index in [1.165, 1.54) is 0 Å². The van der Waals surface area contributed by atoms with Gasteiger partial charge in [0.1, 0.15) is 44.9 Å². The highest BCUT2D eigenvalue weighted by Gasteiger charge is 2.24. The van der Waals surface area contributed by atoms with Crippen LogP contribution < -0.4 is 0 Å². The standard InChI is InChI=1S/C46H44N6O2S2/c1-27-21-35(45(3,4)5)43(53)41(23-27)51-47-37-19-17-33(25-39(37)49-51)55-31-13-9-29(10-14-31)30-11-15-32(16-12-30)56-34-18-20-38-40(26-34)50-52(48-38)42-24-28(2)22-36(44(42)54)46(6,7)8/h9-26,53-54H,1-8H3. The normalized spacial score (nSPS) is 12.2. The maximum absolute atomic E-state index is 11.1. The third-order valence-corrected chi connectivity index (χ3v) is 11.7. The van der Waals surface area contributed by atoms with Gasteiger partial charge >= 0.3 is 0 Å². The van der Waals surface area contributed by atoms with Crippen molar-refractivity contribution >= 4 is 45.6 Å². The summed E-state index contributed by atoms with van der Waals surface area (Å²) < 4.78 is 0. The molecule has 8 nitrogen and oxygen atoms in total. The number of aryl methyl sites for hydroxylation is 2. The minimum atomic E-state index is -0.214. The lowest BCUT2D eigenvalue weighted by molar-refractivity contribution is 0.439. The lowest BCUT2D eigenvalue weighted by atomic mass is 9.85. The van der Waals surface area contributed by atoms with Crippen LogP contribution in [0.15, 0.2) is 129 Å². The predicted octanol–water partition coefficient (Wildman–Crippen LogP) is 11.7. The molecule has 0 unspecified atom stereocenters. The monoisotopic (exact) mass is 776 g/mol. The maximum atomic E-state index is 11.1. The van der Waals surface area contributed by atoms with Crippen molar-refractivity contribution in [2.45, 2.75) is 85.8 Å². The van der Waals surface area contributed by atoms with Crippen LogP contribution >= 0.6 is 23.5 Å². The summed E-state index contributed by atoms with van der Waals surface area (Å²) >= 11 is 3.35. The zero-order chi connectivity index (χ0) is 39.5. The van der Waals surface area contributed by atoms with Crippen molar-refractivity contribution in [3.8, 4) is 34.0 Å². The lowest BCUT2D eigenvalue weighted by Crippen LogP contribution is -2.13. The van der Waals surface area contributed by atoms with Gasteiger partial charge < -0.3 is 10.2 Å². The van der Waals surface area contributed by atoms with E-state index in [0.717, 1.165) is 75.0 Å². The zero-order valence-electron chi connectivity index (χ0n) is 32.8. The van der Waals surface area contributed by atoms with Crippen LogP contribution in [-0.4, -0.2) is 40.2 Å². The largest absolute Gasteiger partial charge is 0.505 e. The number of phenolic OH excluding ortho intramolecular Hbond substituents is 2. The van der Waals surface area contributed by atoms with Crippen LogP contribution in [0.25, 0.3) is 44.6 Å². The number of hydrogen-bond donors (Lipinski definition) is 2. The fourth-order valence-electron chi connectivity index (χ4n) is 6.80. The Balaban J connectivity index is 0.946. The molecule has 2 N–H and O–H groups in total. The third kappa shape index (κ3) is 7.51. The molecule has 0 fully saturated rings. The van der Waals surface area contributed by atoms with Crippen LogP contribution in [0.1, 0.15) is 63.8 Å². The van der Waals surface area contributed by atoms with Crippen LogP contribution in [-0.2, 0) is 10.8 Å². The molecule has 0 bridgehead atoms. The van der Waals surface area contributed by atoms with Gasteiger partial charge in [-0.3, -0.25) is 0 Å². The van der Waals surface area contributed by atoms with E-state index in [0.29, 0.717) is 11.4 Å². The van der Waals surface area contributed by atoms with Gasteiger partial charge in [0.25, 0.3) is 0 Å². The summed E-state index contributed by atoms with van der Waals surface area (Å²) in [5.41, 5.74) is 9.95. The quantitative estimate of drug-likeness (QED) is 0.165. The van der Waals surface area contributed by atoms with E-state index in [4.69, 9.17) is 10.2 Å². The van der Waals surface area contributed by atoms with Crippen LogP contribution in [0.4, 0.5) is 0 Å². The molecule has 0 aliphatic heterocycles. The Morgan fingerprint density at radius 2 is 0.768 bits per heavy atom. The molecule has 8 rings (SSSR count). The summed E-state index contributed by atoms with van der Waals surface area (Å²) in [5, 5.41) is 41.2. The van der Waals surface area contributed by atoms with Gasteiger partial charge in [0.05, 0.1) is 0 Å². The summed E-state index contributed by atoms with van der Waals surface area (Å²) in [5.74, 6) is 0.421. The number of aromatic hydroxyl groups is 2. The molecule has 0 aliphatic carbocycles. The molecule has 10 heteroatoms. The molecule has 0 spiro atoms. The molecule has 6 aromatic carbocycles. The Labute approximate surface area is 335 Å². The number of rotatable bonds is 7. The van der Waals surface area contributed by atoms with Crippen molar-refractivity contribution in [2.75, 3.05) is 0 Å². The molecule has 2 heterocycles. The zero-order valence-corrected chi connectivity index (χ0v) is 34.4. The Morgan fingerprint density at radius 1 is 0.429 bits per heavy atom. The van der Waals surface area contributed by atoms with Gasteiger partial charge in [0.15, 0.2) is 0 Å².